The lowest BCUT2D eigenvalue weighted by atomic mass is 9.94. The number of carbonyl (C=O) groups is 1. The molecule has 4 heterocycles. The van der Waals surface area contributed by atoms with Gasteiger partial charge in [-0.1, -0.05) is 0 Å². The molecule has 4 rings (SSSR count). The first-order chi connectivity index (χ1) is 12.7. The standard InChI is InChI=1S/C19H20N6O/c1-13-9-21-11-18(22-13)15-5-3-7-25(12-15)19(26)17-8-16(23-24-17)14-4-2-6-20-10-14/h2,4,6,8-11,15H,3,5,7,12H2,1H3,(H,23,24)/t15-/m1/s1. The summed E-state index contributed by atoms with van der Waals surface area (Å²) < 4.78 is 0. The van der Waals surface area contributed by atoms with Gasteiger partial charge in [0.05, 0.1) is 17.1 Å². The van der Waals surface area contributed by atoms with Gasteiger partial charge in [0.2, 0.25) is 0 Å². The Morgan fingerprint density at radius 2 is 2.19 bits per heavy atom. The van der Waals surface area contributed by atoms with Gasteiger partial charge in [0, 0.05) is 49.4 Å². The zero-order valence-electron chi connectivity index (χ0n) is 14.6. The van der Waals surface area contributed by atoms with Crippen molar-refractivity contribution < 1.29 is 4.79 Å². The molecule has 1 fully saturated rings. The van der Waals surface area contributed by atoms with Gasteiger partial charge in [-0.25, -0.2) is 0 Å². The highest BCUT2D eigenvalue weighted by Crippen LogP contribution is 2.26. The van der Waals surface area contributed by atoms with Crippen molar-refractivity contribution in [1.29, 1.82) is 0 Å². The molecule has 0 aromatic carbocycles. The largest absolute Gasteiger partial charge is 0.337 e. The zero-order valence-corrected chi connectivity index (χ0v) is 14.6. The van der Waals surface area contributed by atoms with Crippen molar-refractivity contribution in [3.05, 3.63) is 60.1 Å². The Morgan fingerprint density at radius 3 is 3.00 bits per heavy atom. The number of hydrogen-bond acceptors (Lipinski definition) is 5. The van der Waals surface area contributed by atoms with Gasteiger partial charge in [0.1, 0.15) is 5.69 Å². The van der Waals surface area contributed by atoms with Crippen LogP contribution in [0.5, 0.6) is 0 Å². The van der Waals surface area contributed by atoms with Crippen LogP contribution in [0.2, 0.25) is 0 Å². The molecule has 0 unspecified atom stereocenters. The Balaban J connectivity index is 1.50. The van der Waals surface area contributed by atoms with E-state index < -0.39 is 0 Å². The summed E-state index contributed by atoms with van der Waals surface area (Å²) >= 11 is 0. The Kier molecular flexibility index (Phi) is 4.43. The lowest BCUT2D eigenvalue weighted by Gasteiger charge is -2.32. The maximum absolute atomic E-state index is 12.9. The SMILES string of the molecule is Cc1cncc([C@@H]2CCCN(C(=O)c3cc(-c4cccnc4)n[nH]3)C2)n1. The van der Waals surface area contributed by atoms with E-state index in [0.29, 0.717) is 12.2 Å². The van der Waals surface area contributed by atoms with E-state index >= 15 is 0 Å². The molecule has 0 aliphatic carbocycles. The van der Waals surface area contributed by atoms with E-state index in [-0.39, 0.29) is 11.8 Å². The van der Waals surface area contributed by atoms with Crippen LogP contribution in [-0.4, -0.2) is 49.0 Å². The number of hydrogen-bond donors (Lipinski definition) is 1. The van der Waals surface area contributed by atoms with E-state index in [4.69, 9.17) is 0 Å². The van der Waals surface area contributed by atoms with Crippen LogP contribution in [0.15, 0.2) is 43.0 Å². The van der Waals surface area contributed by atoms with Crippen molar-refractivity contribution in [2.45, 2.75) is 25.7 Å². The minimum absolute atomic E-state index is 0.0297. The van der Waals surface area contributed by atoms with Crippen molar-refractivity contribution in [2.24, 2.45) is 0 Å². The average Bonchev–Trinajstić information content (AvgIpc) is 3.18. The Morgan fingerprint density at radius 1 is 1.27 bits per heavy atom. The maximum Gasteiger partial charge on any atom is 0.271 e. The number of H-pyrrole nitrogens is 1. The molecule has 1 saturated heterocycles. The van der Waals surface area contributed by atoms with Crippen molar-refractivity contribution in [2.75, 3.05) is 13.1 Å². The topological polar surface area (TPSA) is 87.7 Å². The molecule has 0 bridgehead atoms. The minimum atomic E-state index is -0.0297. The number of piperidine rings is 1. The van der Waals surface area contributed by atoms with Gasteiger partial charge in [-0.15, -0.1) is 0 Å². The highest BCUT2D eigenvalue weighted by atomic mass is 16.2. The number of aromatic amines is 1. The molecule has 26 heavy (non-hydrogen) atoms. The normalized spacial score (nSPS) is 17.3. The fraction of sp³-hybridized carbons (Fsp3) is 0.316. The Hall–Kier alpha value is -3.09. The molecule has 1 amide bonds. The summed E-state index contributed by atoms with van der Waals surface area (Å²) in [6.07, 6.45) is 8.98. The fourth-order valence-electron chi connectivity index (χ4n) is 3.35. The number of nitrogens with zero attached hydrogens (tertiary/aromatic N) is 5. The summed E-state index contributed by atoms with van der Waals surface area (Å²) in [5.41, 5.74) is 3.97. The Bertz CT molecular complexity index is 907. The highest BCUT2D eigenvalue weighted by Gasteiger charge is 2.27. The summed E-state index contributed by atoms with van der Waals surface area (Å²) in [4.78, 5) is 27.7. The maximum atomic E-state index is 12.9. The number of aromatic nitrogens is 5. The van der Waals surface area contributed by atoms with Gasteiger partial charge in [-0.2, -0.15) is 5.10 Å². The van der Waals surface area contributed by atoms with E-state index in [1.807, 2.05) is 30.2 Å². The number of likely N-dealkylation sites (tertiary alicyclic amines) is 1. The molecule has 1 atom stereocenters. The minimum Gasteiger partial charge on any atom is -0.337 e. The lowest BCUT2D eigenvalue weighted by Crippen LogP contribution is -2.39. The van der Waals surface area contributed by atoms with Crippen LogP contribution in [-0.2, 0) is 0 Å². The summed E-state index contributed by atoms with van der Waals surface area (Å²) in [5.74, 6) is 0.193. The molecule has 132 valence electrons. The van der Waals surface area contributed by atoms with Crippen molar-refractivity contribution in [3.63, 3.8) is 0 Å². The van der Waals surface area contributed by atoms with Gasteiger partial charge in [0.25, 0.3) is 5.91 Å². The zero-order chi connectivity index (χ0) is 17.9. The van der Waals surface area contributed by atoms with E-state index in [2.05, 4.69) is 25.1 Å². The first kappa shape index (κ1) is 16.4. The van der Waals surface area contributed by atoms with Crippen molar-refractivity contribution >= 4 is 5.91 Å². The third-order valence-electron chi connectivity index (χ3n) is 4.67. The van der Waals surface area contributed by atoms with Gasteiger partial charge in [0.15, 0.2) is 0 Å². The molecule has 0 radical (unpaired) electrons. The molecule has 7 nitrogen and oxygen atoms in total. The summed E-state index contributed by atoms with van der Waals surface area (Å²) in [5, 5.41) is 7.12. The van der Waals surface area contributed by atoms with Crippen molar-refractivity contribution in [1.82, 2.24) is 30.0 Å². The number of pyridine rings is 1. The van der Waals surface area contributed by atoms with Crippen LogP contribution < -0.4 is 0 Å². The number of aryl methyl sites for hydroxylation is 1. The van der Waals surface area contributed by atoms with Gasteiger partial charge >= 0.3 is 0 Å². The number of nitrogens with one attached hydrogen (secondary N) is 1. The van der Waals surface area contributed by atoms with Gasteiger partial charge < -0.3 is 4.90 Å². The van der Waals surface area contributed by atoms with Crippen LogP contribution in [0.1, 0.15) is 40.6 Å². The Labute approximate surface area is 151 Å². The van der Waals surface area contributed by atoms with Crippen LogP contribution in [0.3, 0.4) is 0 Å². The van der Waals surface area contributed by atoms with Gasteiger partial charge in [-0.3, -0.25) is 24.8 Å². The second-order valence-electron chi connectivity index (χ2n) is 6.58. The molecule has 0 spiro atoms. The van der Waals surface area contributed by atoms with Crippen LogP contribution in [0.25, 0.3) is 11.3 Å². The summed E-state index contributed by atoms with van der Waals surface area (Å²) in [7, 11) is 0. The van der Waals surface area contributed by atoms with E-state index in [9.17, 15) is 4.79 Å². The summed E-state index contributed by atoms with van der Waals surface area (Å²) in [6, 6.07) is 5.56. The molecule has 1 aliphatic heterocycles. The second-order valence-corrected chi connectivity index (χ2v) is 6.58. The van der Waals surface area contributed by atoms with Crippen LogP contribution >= 0.6 is 0 Å². The molecule has 3 aromatic heterocycles. The number of amides is 1. The second kappa shape index (κ2) is 7.03. The van der Waals surface area contributed by atoms with Gasteiger partial charge in [-0.05, 0) is 38.0 Å². The molecule has 7 heteroatoms. The monoisotopic (exact) mass is 348 g/mol. The molecular weight excluding hydrogens is 328 g/mol. The predicted molar refractivity (Wildman–Crippen MR) is 96.5 cm³/mol. The highest BCUT2D eigenvalue weighted by molar-refractivity contribution is 5.93. The summed E-state index contributed by atoms with van der Waals surface area (Å²) in [6.45, 7) is 3.33. The average molecular weight is 348 g/mol. The predicted octanol–water partition coefficient (Wildman–Crippen LogP) is 2.59. The smallest absolute Gasteiger partial charge is 0.271 e. The molecule has 1 N–H and O–H groups in total. The molecule has 0 saturated carbocycles. The van der Waals surface area contributed by atoms with Crippen LogP contribution in [0.4, 0.5) is 0 Å². The quantitative estimate of drug-likeness (QED) is 0.786. The fourth-order valence-corrected chi connectivity index (χ4v) is 3.35. The van der Waals surface area contributed by atoms with Crippen LogP contribution in [0, 0.1) is 6.92 Å². The molecule has 1 aliphatic rings. The first-order valence-corrected chi connectivity index (χ1v) is 8.74. The lowest BCUT2D eigenvalue weighted by molar-refractivity contribution is 0.0699. The van der Waals surface area contributed by atoms with E-state index in [1.165, 1.54) is 0 Å². The third-order valence-corrected chi connectivity index (χ3v) is 4.67. The number of rotatable bonds is 3. The van der Waals surface area contributed by atoms with E-state index in [0.717, 1.165) is 42.0 Å². The number of carbonyl (C=O) groups excluding carboxylic acids is 1. The third kappa shape index (κ3) is 3.33. The van der Waals surface area contributed by atoms with Crippen molar-refractivity contribution in [3.8, 4) is 11.3 Å². The molecule has 3 aromatic rings. The first-order valence-electron chi connectivity index (χ1n) is 8.74. The molecular formula is C19H20N6O. The van der Waals surface area contributed by atoms with E-state index in [1.54, 1.807) is 24.7 Å².